The Balaban J connectivity index is -0.0000000749. The lowest BCUT2D eigenvalue weighted by Crippen LogP contribution is -2.29. The van der Waals surface area contributed by atoms with Crippen LogP contribution in [0, 0.1) is 0 Å². The molecule has 0 amide bonds. The van der Waals surface area contributed by atoms with Gasteiger partial charge in [-0.3, -0.25) is 0 Å². The van der Waals surface area contributed by atoms with Crippen molar-refractivity contribution in [1.29, 1.82) is 0 Å². The van der Waals surface area contributed by atoms with E-state index in [1.54, 1.807) is 21.4 Å². The number of hydrogen-bond donors (Lipinski definition) is 0. The molecule has 0 spiro atoms. The molecule has 3 radical (unpaired) electrons. The SMILES string of the molecule is C.C.C.C.C.CC.CC.[B][B][C@H]1CC(OP(OC)N(C)C)[C@@H](COC)O1. The predicted molar refractivity (Wildman–Crippen MR) is 126 cm³/mol. The van der Waals surface area contributed by atoms with Gasteiger partial charge in [0, 0.05) is 28.0 Å². The summed E-state index contributed by atoms with van der Waals surface area (Å²) in [5.74, 6) is 0. The second kappa shape index (κ2) is 30.1. The van der Waals surface area contributed by atoms with E-state index in [2.05, 4.69) is 0 Å². The molecule has 1 aliphatic rings. The van der Waals surface area contributed by atoms with E-state index in [-0.39, 0.29) is 55.3 Å². The third-order valence-electron chi connectivity index (χ3n) is 2.48. The minimum atomic E-state index is -1.05. The molecule has 5 nitrogen and oxygen atoms in total. The molecule has 0 saturated carbocycles. The third-order valence-corrected chi connectivity index (χ3v) is 3.90. The number of ether oxygens (including phenoxy) is 2. The monoisotopic (exact) mass is 398 g/mol. The van der Waals surface area contributed by atoms with Crippen LogP contribution in [-0.4, -0.2) is 72.7 Å². The minimum Gasteiger partial charge on any atom is -0.382 e. The highest BCUT2D eigenvalue weighted by Crippen LogP contribution is 2.43. The van der Waals surface area contributed by atoms with Gasteiger partial charge in [0.25, 0.3) is 8.53 Å². The van der Waals surface area contributed by atoms with Gasteiger partial charge in [-0.05, 0) is 20.5 Å². The number of nitrogens with zero attached hydrogens (tertiary/aromatic N) is 1. The van der Waals surface area contributed by atoms with E-state index < -0.39 is 8.53 Å². The van der Waals surface area contributed by atoms with Crippen LogP contribution < -0.4 is 0 Å². The lowest BCUT2D eigenvalue weighted by Gasteiger charge is -2.26. The second-order valence-electron chi connectivity index (χ2n) is 4.01. The Kier molecular flexibility index (Phi) is 52.4. The summed E-state index contributed by atoms with van der Waals surface area (Å²) in [5.41, 5.74) is 0. The van der Waals surface area contributed by atoms with Gasteiger partial charge >= 0.3 is 0 Å². The van der Waals surface area contributed by atoms with Crippen LogP contribution >= 0.6 is 8.53 Å². The number of hydrogen-bond acceptors (Lipinski definition) is 5. The van der Waals surface area contributed by atoms with Gasteiger partial charge in [-0.15, -0.1) is 0 Å². The Morgan fingerprint density at radius 3 is 1.81 bits per heavy atom. The van der Waals surface area contributed by atoms with E-state index in [0.717, 1.165) is 6.42 Å². The van der Waals surface area contributed by atoms with E-state index in [1.165, 1.54) is 0 Å². The van der Waals surface area contributed by atoms with Crippen molar-refractivity contribution in [2.24, 2.45) is 0 Å². The van der Waals surface area contributed by atoms with Gasteiger partial charge in [-0.2, -0.15) is 0 Å². The van der Waals surface area contributed by atoms with Gasteiger partial charge in [-0.1, -0.05) is 64.8 Å². The standard InChI is InChI=1S/C9H19B2NO4P.2C2H6.5CH4/c1-12(2)17(14-4)16-7-5-9(11-10)15-8(7)6-13-3;2*1-2;;;;;/h7-9H,5-6H2,1-4H3;2*1-2H3;5*1H4/t7?,8-,9-,17?;;;;;;;/m1......./s1. The van der Waals surface area contributed by atoms with Gasteiger partial charge in [0.2, 0.25) is 0 Å². The maximum absolute atomic E-state index is 5.91. The van der Waals surface area contributed by atoms with E-state index >= 15 is 0 Å². The molecule has 1 aliphatic heterocycles. The molecule has 2 unspecified atom stereocenters. The van der Waals surface area contributed by atoms with Crippen molar-refractivity contribution in [3.8, 4) is 0 Å². The first-order chi connectivity index (χ1) is 10.1. The largest absolute Gasteiger partial charge is 0.382 e. The van der Waals surface area contributed by atoms with Crippen molar-refractivity contribution in [1.82, 2.24) is 4.67 Å². The molecule has 1 heterocycles. The Bertz CT molecular complexity index is 231. The van der Waals surface area contributed by atoms with Crippen LogP contribution in [-0.2, 0) is 18.5 Å². The van der Waals surface area contributed by atoms with Crippen LogP contribution in [0.3, 0.4) is 0 Å². The zero-order chi connectivity index (χ0) is 16.8. The summed E-state index contributed by atoms with van der Waals surface area (Å²) in [6.45, 7) is 8.50. The van der Waals surface area contributed by atoms with E-state index in [9.17, 15) is 0 Å². The summed E-state index contributed by atoms with van der Waals surface area (Å²) in [4.78, 5) is 0. The fourth-order valence-corrected chi connectivity index (χ4v) is 2.77. The van der Waals surface area contributed by atoms with Crippen LogP contribution in [0.2, 0.25) is 0 Å². The van der Waals surface area contributed by atoms with Crippen molar-refractivity contribution < 1.29 is 18.5 Å². The molecule has 0 bridgehead atoms. The quantitative estimate of drug-likeness (QED) is 0.413. The summed E-state index contributed by atoms with van der Waals surface area (Å²) in [6.07, 6.45) is 0.596. The first-order valence-electron chi connectivity index (χ1n) is 7.50. The summed E-state index contributed by atoms with van der Waals surface area (Å²) in [6, 6.07) is -0.0731. The molecule has 1 fully saturated rings. The molecule has 0 aromatic carbocycles. The van der Waals surface area contributed by atoms with Crippen LogP contribution in [0.25, 0.3) is 0 Å². The zero-order valence-electron chi connectivity index (χ0n) is 14.8. The minimum absolute atomic E-state index is 0. The highest BCUT2D eigenvalue weighted by Gasteiger charge is 2.37. The molecular weight excluding hydrogens is 347 g/mol. The molecule has 1 rings (SSSR count). The average Bonchev–Trinajstić information content (AvgIpc) is 2.91. The van der Waals surface area contributed by atoms with Gasteiger partial charge in [0.1, 0.15) is 6.10 Å². The van der Waals surface area contributed by atoms with Crippen LogP contribution in [0.5, 0.6) is 0 Å². The normalized spacial score (nSPS) is 20.6. The van der Waals surface area contributed by atoms with E-state index in [4.69, 9.17) is 26.3 Å². The second-order valence-corrected chi connectivity index (χ2v) is 5.86. The van der Waals surface area contributed by atoms with Gasteiger partial charge in [-0.25, -0.2) is 4.67 Å². The summed E-state index contributed by atoms with van der Waals surface area (Å²) in [7, 11) is 13.1. The van der Waals surface area contributed by atoms with Crippen molar-refractivity contribution in [2.45, 2.75) is 89.5 Å². The molecule has 0 N–H and O–H groups in total. The molecule has 0 aromatic rings. The summed E-state index contributed by atoms with van der Waals surface area (Å²) < 4.78 is 23.9. The average molecular weight is 398 g/mol. The fraction of sp³-hybridized carbons (Fsp3) is 1.00. The maximum Gasteiger partial charge on any atom is 0.258 e. The number of rotatable bonds is 7. The number of methoxy groups -OCH3 is 1. The van der Waals surface area contributed by atoms with Crippen molar-refractivity contribution >= 4 is 23.4 Å². The first-order valence-corrected chi connectivity index (χ1v) is 8.63. The highest BCUT2D eigenvalue weighted by molar-refractivity contribution is 7.44. The van der Waals surface area contributed by atoms with Crippen molar-refractivity contribution in [3.05, 3.63) is 0 Å². The lowest BCUT2D eigenvalue weighted by molar-refractivity contribution is -0.0125. The van der Waals surface area contributed by atoms with Gasteiger partial charge < -0.3 is 18.5 Å². The Morgan fingerprint density at radius 1 is 1.04 bits per heavy atom. The fourth-order valence-electron chi connectivity index (χ4n) is 1.71. The Hall–Kier alpha value is 0.360. The first kappa shape index (κ1) is 45.2. The van der Waals surface area contributed by atoms with E-state index in [0.29, 0.717) is 6.61 Å². The molecular formula is C18H51B2NO4P. The lowest BCUT2D eigenvalue weighted by atomic mass is 9.51. The molecule has 8 heteroatoms. The van der Waals surface area contributed by atoms with Gasteiger partial charge in [0.15, 0.2) is 0 Å². The van der Waals surface area contributed by atoms with E-state index in [1.807, 2.05) is 46.5 Å². The topological polar surface area (TPSA) is 40.2 Å². The van der Waals surface area contributed by atoms with Crippen molar-refractivity contribution in [2.75, 3.05) is 34.9 Å². The van der Waals surface area contributed by atoms with Crippen molar-refractivity contribution in [3.63, 3.8) is 0 Å². The molecule has 163 valence electrons. The summed E-state index contributed by atoms with van der Waals surface area (Å²) in [5, 5.41) is 0. The molecule has 26 heavy (non-hydrogen) atoms. The van der Waals surface area contributed by atoms with Crippen LogP contribution in [0.1, 0.15) is 71.2 Å². The molecule has 0 aliphatic carbocycles. The predicted octanol–water partition coefficient (Wildman–Crippen LogP) is 5.59. The highest BCUT2D eigenvalue weighted by atomic mass is 31.2. The molecule has 4 atom stereocenters. The van der Waals surface area contributed by atoms with Crippen LogP contribution in [0.15, 0.2) is 0 Å². The van der Waals surface area contributed by atoms with Crippen LogP contribution in [0.4, 0.5) is 0 Å². The maximum atomic E-state index is 5.91. The summed E-state index contributed by atoms with van der Waals surface area (Å²) >= 11 is 0. The zero-order valence-corrected chi connectivity index (χ0v) is 15.7. The van der Waals surface area contributed by atoms with Gasteiger partial charge in [0.05, 0.1) is 19.9 Å². The molecule has 0 aromatic heterocycles. The Morgan fingerprint density at radius 2 is 1.50 bits per heavy atom. The smallest absolute Gasteiger partial charge is 0.258 e. The third kappa shape index (κ3) is 17.8. The Labute approximate surface area is 171 Å². The molecule has 1 saturated heterocycles.